The second-order valence-corrected chi connectivity index (χ2v) is 5.71. The molecule has 0 bridgehead atoms. The van der Waals surface area contributed by atoms with Gasteiger partial charge in [0.15, 0.2) is 5.65 Å². The van der Waals surface area contributed by atoms with Gasteiger partial charge >= 0.3 is 0 Å². The summed E-state index contributed by atoms with van der Waals surface area (Å²) < 4.78 is 0. The van der Waals surface area contributed by atoms with E-state index >= 15 is 0 Å². The first-order valence-electron chi connectivity index (χ1n) is 7.84. The van der Waals surface area contributed by atoms with Crippen LogP contribution in [-0.2, 0) is 6.42 Å². The SMILES string of the molecule is Cc1[nH]nc2nc3ccccc3c(NCCc3ccccc3)c12. The van der Waals surface area contributed by atoms with Gasteiger partial charge in [-0.05, 0) is 25.0 Å². The zero-order chi connectivity index (χ0) is 15.6. The number of aryl methyl sites for hydroxylation is 1. The van der Waals surface area contributed by atoms with Gasteiger partial charge in [-0.15, -0.1) is 0 Å². The van der Waals surface area contributed by atoms with E-state index in [9.17, 15) is 0 Å². The van der Waals surface area contributed by atoms with Crippen molar-refractivity contribution in [2.75, 3.05) is 11.9 Å². The number of hydrogen-bond acceptors (Lipinski definition) is 3. The highest BCUT2D eigenvalue weighted by Crippen LogP contribution is 2.31. The number of nitrogens with one attached hydrogen (secondary N) is 2. The number of pyridine rings is 1. The van der Waals surface area contributed by atoms with Crippen molar-refractivity contribution in [1.82, 2.24) is 15.2 Å². The van der Waals surface area contributed by atoms with E-state index in [0.717, 1.165) is 46.3 Å². The minimum Gasteiger partial charge on any atom is -0.384 e. The smallest absolute Gasteiger partial charge is 0.183 e. The number of H-pyrrole nitrogens is 1. The third-order valence-electron chi connectivity index (χ3n) is 4.14. The summed E-state index contributed by atoms with van der Waals surface area (Å²) in [5, 5.41) is 13.2. The first-order valence-corrected chi connectivity index (χ1v) is 7.84. The van der Waals surface area contributed by atoms with Gasteiger partial charge in [-0.1, -0.05) is 48.5 Å². The van der Waals surface area contributed by atoms with Gasteiger partial charge in [-0.25, -0.2) is 4.98 Å². The van der Waals surface area contributed by atoms with Crippen molar-refractivity contribution in [3.05, 3.63) is 65.9 Å². The summed E-state index contributed by atoms with van der Waals surface area (Å²) in [6.07, 6.45) is 0.982. The lowest BCUT2D eigenvalue weighted by Crippen LogP contribution is -2.06. The average molecular weight is 302 g/mol. The predicted molar refractivity (Wildman–Crippen MR) is 94.8 cm³/mol. The van der Waals surface area contributed by atoms with Gasteiger partial charge < -0.3 is 5.32 Å². The van der Waals surface area contributed by atoms with Crippen LogP contribution >= 0.6 is 0 Å². The maximum absolute atomic E-state index is 4.64. The molecule has 0 aliphatic rings. The van der Waals surface area contributed by atoms with Crippen molar-refractivity contribution >= 4 is 27.6 Å². The molecule has 2 N–H and O–H groups in total. The number of nitrogens with zero attached hydrogens (tertiary/aromatic N) is 2. The summed E-state index contributed by atoms with van der Waals surface area (Å²) in [6, 6.07) is 18.7. The molecular weight excluding hydrogens is 284 g/mol. The Labute approximate surface area is 134 Å². The van der Waals surface area contributed by atoms with E-state index in [4.69, 9.17) is 0 Å². The molecule has 2 heterocycles. The quantitative estimate of drug-likeness (QED) is 0.597. The van der Waals surface area contributed by atoms with Crippen LogP contribution in [0.2, 0.25) is 0 Å². The van der Waals surface area contributed by atoms with Crippen LogP contribution in [0.5, 0.6) is 0 Å². The van der Waals surface area contributed by atoms with Crippen LogP contribution in [0.4, 0.5) is 5.69 Å². The Kier molecular flexibility index (Phi) is 3.42. The highest BCUT2D eigenvalue weighted by molar-refractivity contribution is 6.07. The number of aromatic amines is 1. The summed E-state index contributed by atoms with van der Waals surface area (Å²) in [5.41, 5.74) is 5.23. The average Bonchev–Trinajstić information content (AvgIpc) is 2.96. The highest BCUT2D eigenvalue weighted by atomic mass is 15.2. The zero-order valence-electron chi connectivity index (χ0n) is 13.0. The van der Waals surface area contributed by atoms with Gasteiger partial charge in [-0.3, -0.25) is 5.10 Å². The monoisotopic (exact) mass is 302 g/mol. The number of aromatic nitrogens is 3. The minimum absolute atomic E-state index is 0.767. The molecule has 0 radical (unpaired) electrons. The van der Waals surface area contributed by atoms with E-state index in [1.807, 2.05) is 31.2 Å². The van der Waals surface area contributed by atoms with Crippen LogP contribution in [0.3, 0.4) is 0 Å². The molecule has 0 atom stereocenters. The number of benzene rings is 2. The summed E-state index contributed by atoms with van der Waals surface area (Å²) in [5.74, 6) is 0. The molecule has 0 amide bonds. The zero-order valence-corrected chi connectivity index (χ0v) is 13.0. The van der Waals surface area contributed by atoms with Crippen molar-refractivity contribution in [3.8, 4) is 0 Å². The van der Waals surface area contributed by atoms with E-state index in [1.54, 1.807) is 0 Å². The van der Waals surface area contributed by atoms with E-state index in [0.29, 0.717) is 0 Å². The molecule has 23 heavy (non-hydrogen) atoms. The topological polar surface area (TPSA) is 53.6 Å². The Bertz CT molecular complexity index is 957. The standard InChI is InChI=1S/C19H18N4/c1-13-17-18(20-12-11-14-7-3-2-4-8-14)15-9-5-6-10-16(15)21-19(17)23-22-13/h2-10H,11-12H2,1H3,(H2,20,21,22,23). The fraction of sp³-hybridized carbons (Fsp3) is 0.158. The number of anilines is 1. The number of hydrogen-bond donors (Lipinski definition) is 2. The molecule has 4 heteroatoms. The van der Waals surface area contributed by atoms with Gasteiger partial charge in [0.1, 0.15) is 0 Å². The fourth-order valence-corrected chi connectivity index (χ4v) is 2.99. The molecule has 0 saturated carbocycles. The lowest BCUT2D eigenvalue weighted by molar-refractivity contribution is 1.02. The molecular formula is C19H18N4. The number of para-hydroxylation sites is 1. The van der Waals surface area contributed by atoms with Crippen LogP contribution in [-0.4, -0.2) is 21.7 Å². The van der Waals surface area contributed by atoms with Crippen molar-refractivity contribution in [3.63, 3.8) is 0 Å². The van der Waals surface area contributed by atoms with Crippen molar-refractivity contribution in [2.24, 2.45) is 0 Å². The molecule has 4 nitrogen and oxygen atoms in total. The van der Waals surface area contributed by atoms with E-state index in [1.165, 1.54) is 5.56 Å². The molecule has 0 aliphatic carbocycles. The molecule has 2 aromatic heterocycles. The third kappa shape index (κ3) is 2.52. The van der Waals surface area contributed by atoms with Crippen LogP contribution in [0, 0.1) is 6.92 Å². The normalized spacial score (nSPS) is 11.2. The summed E-state index contributed by atoms with van der Waals surface area (Å²) in [6.45, 7) is 2.91. The first kappa shape index (κ1) is 13.8. The molecule has 0 fully saturated rings. The molecule has 0 saturated heterocycles. The first-order chi connectivity index (χ1) is 11.3. The fourth-order valence-electron chi connectivity index (χ4n) is 2.99. The summed E-state index contributed by atoms with van der Waals surface area (Å²) >= 11 is 0. The molecule has 114 valence electrons. The van der Waals surface area contributed by atoms with Gasteiger partial charge in [0, 0.05) is 17.6 Å². The van der Waals surface area contributed by atoms with E-state index < -0.39 is 0 Å². The predicted octanol–water partition coefficient (Wildman–Crippen LogP) is 4.07. The van der Waals surface area contributed by atoms with Gasteiger partial charge in [0.05, 0.1) is 16.6 Å². The van der Waals surface area contributed by atoms with Crippen LogP contribution in [0.25, 0.3) is 21.9 Å². The second kappa shape index (κ2) is 5.72. The van der Waals surface area contributed by atoms with Crippen LogP contribution in [0.1, 0.15) is 11.3 Å². The molecule has 4 rings (SSSR count). The molecule has 4 aromatic rings. The van der Waals surface area contributed by atoms with Crippen molar-refractivity contribution in [1.29, 1.82) is 0 Å². The maximum Gasteiger partial charge on any atom is 0.183 e. The van der Waals surface area contributed by atoms with E-state index in [-0.39, 0.29) is 0 Å². The van der Waals surface area contributed by atoms with Crippen LogP contribution in [0.15, 0.2) is 54.6 Å². The van der Waals surface area contributed by atoms with Crippen molar-refractivity contribution < 1.29 is 0 Å². The van der Waals surface area contributed by atoms with Gasteiger partial charge in [0.2, 0.25) is 0 Å². The Balaban J connectivity index is 1.72. The highest BCUT2D eigenvalue weighted by Gasteiger charge is 2.13. The lowest BCUT2D eigenvalue weighted by Gasteiger charge is -2.11. The lowest BCUT2D eigenvalue weighted by atomic mass is 10.1. The Morgan fingerprint density at radius 1 is 1.00 bits per heavy atom. The number of fused-ring (bicyclic) bond motifs is 2. The van der Waals surface area contributed by atoms with E-state index in [2.05, 4.69) is 50.8 Å². The Morgan fingerprint density at radius 2 is 1.78 bits per heavy atom. The maximum atomic E-state index is 4.64. The summed E-state index contributed by atoms with van der Waals surface area (Å²) in [7, 11) is 0. The minimum atomic E-state index is 0.767. The molecule has 0 aliphatic heterocycles. The third-order valence-corrected chi connectivity index (χ3v) is 4.14. The molecule has 0 spiro atoms. The largest absolute Gasteiger partial charge is 0.384 e. The molecule has 2 aromatic carbocycles. The Morgan fingerprint density at radius 3 is 2.65 bits per heavy atom. The van der Waals surface area contributed by atoms with Crippen molar-refractivity contribution in [2.45, 2.75) is 13.3 Å². The molecule has 0 unspecified atom stereocenters. The van der Waals surface area contributed by atoms with Crippen LogP contribution < -0.4 is 5.32 Å². The Hall–Kier alpha value is -2.88. The second-order valence-electron chi connectivity index (χ2n) is 5.71. The summed E-state index contributed by atoms with van der Waals surface area (Å²) in [4.78, 5) is 4.64. The van der Waals surface area contributed by atoms with Gasteiger partial charge in [0.25, 0.3) is 0 Å². The van der Waals surface area contributed by atoms with Gasteiger partial charge in [-0.2, -0.15) is 5.10 Å². The number of rotatable bonds is 4.